The van der Waals surface area contributed by atoms with E-state index in [1.807, 2.05) is 52.8 Å². The number of carbonyl (C=O) groups excluding carboxylic acids is 1. The topological polar surface area (TPSA) is 79.1 Å². The molecule has 1 aliphatic rings. The zero-order valence-corrected chi connectivity index (χ0v) is 18.7. The van der Waals surface area contributed by atoms with Gasteiger partial charge >= 0.3 is 0 Å². The van der Waals surface area contributed by atoms with Crippen LogP contribution in [0.15, 0.2) is 36.5 Å². The molecule has 7 nitrogen and oxygen atoms in total. The number of imidazole rings is 1. The van der Waals surface area contributed by atoms with Crippen molar-refractivity contribution in [1.82, 2.24) is 19.6 Å². The molecule has 1 fully saturated rings. The fourth-order valence-corrected chi connectivity index (χ4v) is 4.27. The van der Waals surface area contributed by atoms with Crippen LogP contribution in [0.3, 0.4) is 0 Å². The summed E-state index contributed by atoms with van der Waals surface area (Å²) in [5.74, 6) is 0.0629. The van der Waals surface area contributed by atoms with E-state index in [0.717, 1.165) is 33.7 Å². The van der Waals surface area contributed by atoms with Crippen LogP contribution in [-0.4, -0.2) is 58.1 Å². The summed E-state index contributed by atoms with van der Waals surface area (Å²) in [5, 5.41) is 13.6. The highest BCUT2D eigenvalue weighted by atomic mass is 35.5. The maximum atomic E-state index is 11.9. The van der Waals surface area contributed by atoms with Crippen molar-refractivity contribution in [3.63, 3.8) is 0 Å². The van der Waals surface area contributed by atoms with Crippen molar-refractivity contribution in [3.05, 3.63) is 58.4 Å². The number of aliphatic hydroxyl groups excluding tert-OH is 1. The summed E-state index contributed by atoms with van der Waals surface area (Å²) in [7, 11) is 1.71. The Bertz CT molecular complexity index is 1110. The zero-order chi connectivity index (χ0) is 22.1. The lowest BCUT2D eigenvalue weighted by molar-refractivity contribution is -0.136. The number of ether oxygens (including phenoxy) is 1. The smallest absolute Gasteiger partial charge is 0.219 e. The number of rotatable bonds is 5. The second kappa shape index (κ2) is 8.96. The summed E-state index contributed by atoms with van der Waals surface area (Å²) < 4.78 is 8.02. The van der Waals surface area contributed by atoms with Crippen molar-refractivity contribution < 1.29 is 14.6 Å². The third kappa shape index (κ3) is 4.45. The Labute approximate surface area is 186 Å². The van der Waals surface area contributed by atoms with E-state index in [9.17, 15) is 9.90 Å². The average molecular weight is 443 g/mol. The summed E-state index contributed by atoms with van der Waals surface area (Å²) in [6, 6.07) is 9.53. The highest BCUT2D eigenvalue weighted by Crippen LogP contribution is 2.31. The number of nitrogens with one attached hydrogen (secondary N) is 1. The van der Waals surface area contributed by atoms with Crippen molar-refractivity contribution in [1.29, 1.82) is 0 Å². The van der Waals surface area contributed by atoms with Crippen LogP contribution < -0.4 is 5.32 Å². The predicted octanol–water partition coefficient (Wildman–Crippen LogP) is 2.96. The minimum atomic E-state index is -0.722. The molecule has 2 N–H and O–H groups in total. The number of hydrogen-bond donors (Lipinski definition) is 2. The standard InChI is InChI=1S/C23H27ClN4O3/c1-14-10-16(23(30)25-3)4-5-19(14)22-20(28-7-6-17(24)11-21(28)26-22)12-18-13-27(15(2)29)8-9-31-18/h4-7,10-11,18,23,25,30H,8-9,12-13H2,1-3H3/t18-,23?/m1/s1. The lowest BCUT2D eigenvalue weighted by atomic mass is 9.98. The molecule has 2 atom stereocenters. The van der Waals surface area contributed by atoms with Crippen LogP contribution in [0.4, 0.5) is 0 Å². The van der Waals surface area contributed by atoms with Gasteiger partial charge in [-0.25, -0.2) is 4.98 Å². The molecule has 1 aliphatic heterocycles. The van der Waals surface area contributed by atoms with E-state index in [1.165, 1.54) is 0 Å². The first-order valence-corrected chi connectivity index (χ1v) is 10.7. The Morgan fingerprint density at radius 1 is 1.39 bits per heavy atom. The minimum absolute atomic E-state index is 0.0629. The van der Waals surface area contributed by atoms with Crippen LogP contribution in [0.2, 0.25) is 5.02 Å². The van der Waals surface area contributed by atoms with Crippen molar-refractivity contribution in [2.75, 3.05) is 26.7 Å². The summed E-state index contributed by atoms with van der Waals surface area (Å²) in [6.45, 7) is 5.31. The molecule has 3 heterocycles. The van der Waals surface area contributed by atoms with Gasteiger partial charge in [0.1, 0.15) is 11.9 Å². The van der Waals surface area contributed by atoms with Crippen LogP contribution >= 0.6 is 11.6 Å². The molecule has 4 rings (SSSR count). The summed E-state index contributed by atoms with van der Waals surface area (Å²) in [6.07, 6.45) is 1.70. The first-order valence-electron chi connectivity index (χ1n) is 10.4. The number of nitrogens with zero attached hydrogens (tertiary/aromatic N) is 3. The molecule has 1 aromatic carbocycles. The van der Waals surface area contributed by atoms with E-state index in [1.54, 1.807) is 14.0 Å². The molecule has 1 unspecified atom stereocenters. The number of halogens is 1. The van der Waals surface area contributed by atoms with Gasteiger partial charge in [0.25, 0.3) is 0 Å². The minimum Gasteiger partial charge on any atom is -0.374 e. The molecular weight excluding hydrogens is 416 g/mol. The Morgan fingerprint density at radius 3 is 2.90 bits per heavy atom. The molecule has 2 aromatic heterocycles. The Balaban J connectivity index is 1.76. The normalized spacial score (nSPS) is 17.8. The molecule has 31 heavy (non-hydrogen) atoms. The molecule has 1 saturated heterocycles. The van der Waals surface area contributed by atoms with Gasteiger partial charge in [-0.1, -0.05) is 29.8 Å². The van der Waals surface area contributed by atoms with Crippen LogP contribution in [0.25, 0.3) is 16.9 Å². The number of aryl methyl sites for hydroxylation is 1. The number of carbonyl (C=O) groups is 1. The average Bonchev–Trinajstić information content (AvgIpc) is 3.10. The molecule has 0 bridgehead atoms. The first-order chi connectivity index (χ1) is 14.9. The third-order valence-corrected chi connectivity index (χ3v) is 6.02. The van der Waals surface area contributed by atoms with E-state index in [-0.39, 0.29) is 12.0 Å². The van der Waals surface area contributed by atoms with Crippen LogP contribution in [0, 0.1) is 6.92 Å². The molecule has 0 aliphatic carbocycles. The quantitative estimate of drug-likeness (QED) is 0.594. The Morgan fingerprint density at radius 2 is 2.19 bits per heavy atom. The van der Waals surface area contributed by atoms with Crippen molar-refractivity contribution >= 4 is 23.2 Å². The van der Waals surface area contributed by atoms with Gasteiger partial charge in [-0.3, -0.25) is 10.1 Å². The van der Waals surface area contributed by atoms with Crippen molar-refractivity contribution in [2.24, 2.45) is 0 Å². The van der Waals surface area contributed by atoms with Gasteiger partial charge in [-0.2, -0.15) is 0 Å². The Kier molecular flexibility index (Phi) is 6.29. The molecule has 0 radical (unpaired) electrons. The fraction of sp³-hybridized carbons (Fsp3) is 0.391. The van der Waals surface area contributed by atoms with Gasteiger partial charge in [0.05, 0.1) is 24.1 Å². The van der Waals surface area contributed by atoms with E-state index in [4.69, 9.17) is 21.3 Å². The maximum Gasteiger partial charge on any atom is 0.219 e. The molecular formula is C23H27ClN4O3. The Hall–Kier alpha value is -2.45. The second-order valence-electron chi connectivity index (χ2n) is 7.91. The summed E-state index contributed by atoms with van der Waals surface area (Å²) in [5.41, 5.74) is 5.42. The van der Waals surface area contributed by atoms with Gasteiger partial charge in [0.2, 0.25) is 5.91 Å². The van der Waals surface area contributed by atoms with Crippen molar-refractivity contribution in [3.8, 4) is 11.3 Å². The molecule has 164 valence electrons. The maximum absolute atomic E-state index is 11.9. The number of pyridine rings is 1. The van der Waals surface area contributed by atoms with E-state index in [2.05, 4.69) is 5.32 Å². The van der Waals surface area contributed by atoms with E-state index in [0.29, 0.717) is 31.1 Å². The number of fused-ring (bicyclic) bond motifs is 1. The van der Waals surface area contributed by atoms with Gasteiger partial charge in [-0.05, 0) is 31.2 Å². The van der Waals surface area contributed by atoms with Crippen LogP contribution in [-0.2, 0) is 16.0 Å². The highest BCUT2D eigenvalue weighted by Gasteiger charge is 2.26. The monoisotopic (exact) mass is 442 g/mol. The molecule has 8 heteroatoms. The largest absolute Gasteiger partial charge is 0.374 e. The highest BCUT2D eigenvalue weighted by molar-refractivity contribution is 6.30. The number of amides is 1. The lowest BCUT2D eigenvalue weighted by Gasteiger charge is -2.32. The lowest BCUT2D eigenvalue weighted by Crippen LogP contribution is -2.45. The summed E-state index contributed by atoms with van der Waals surface area (Å²) >= 11 is 6.22. The number of hydrogen-bond acceptors (Lipinski definition) is 5. The van der Waals surface area contributed by atoms with Gasteiger partial charge in [0.15, 0.2) is 0 Å². The third-order valence-electron chi connectivity index (χ3n) is 5.79. The molecule has 0 saturated carbocycles. The van der Waals surface area contributed by atoms with Gasteiger partial charge < -0.3 is 19.1 Å². The van der Waals surface area contributed by atoms with E-state index < -0.39 is 6.23 Å². The summed E-state index contributed by atoms with van der Waals surface area (Å²) in [4.78, 5) is 18.6. The second-order valence-corrected chi connectivity index (χ2v) is 8.34. The van der Waals surface area contributed by atoms with E-state index >= 15 is 0 Å². The SMILES string of the molecule is CNC(O)c1ccc(-c2nc3cc(Cl)ccn3c2C[C@@H]2CN(C(C)=O)CCO2)c(C)c1. The number of benzene rings is 1. The number of aliphatic hydroxyl groups is 1. The first kappa shape index (κ1) is 21.8. The van der Waals surface area contributed by atoms with Gasteiger partial charge in [-0.15, -0.1) is 0 Å². The van der Waals surface area contributed by atoms with Crippen molar-refractivity contribution in [2.45, 2.75) is 32.6 Å². The number of aromatic nitrogens is 2. The molecule has 0 spiro atoms. The zero-order valence-electron chi connectivity index (χ0n) is 17.9. The van der Waals surface area contributed by atoms with Crippen LogP contribution in [0.1, 0.15) is 30.0 Å². The predicted molar refractivity (Wildman–Crippen MR) is 120 cm³/mol. The van der Waals surface area contributed by atoms with Crippen LogP contribution in [0.5, 0.6) is 0 Å². The molecule has 3 aromatic rings. The molecule has 1 amide bonds. The fourth-order valence-electron chi connectivity index (χ4n) is 4.12. The van der Waals surface area contributed by atoms with Gasteiger partial charge in [0, 0.05) is 49.3 Å². The number of morpholine rings is 1.